The van der Waals surface area contributed by atoms with E-state index in [9.17, 15) is 0 Å². The fourth-order valence-corrected chi connectivity index (χ4v) is 0.706. The van der Waals surface area contributed by atoms with Gasteiger partial charge in [-0.1, -0.05) is 12.2 Å². The van der Waals surface area contributed by atoms with Gasteiger partial charge in [-0.25, -0.2) is 4.99 Å². The summed E-state index contributed by atoms with van der Waals surface area (Å²) < 4.78 is 0. The third kappa shape index (κ3) is 1.56. The molecule has 1 heterocycles. The normalized spacial score (nSPS) is 16.8. The van der Waals surface area contributed by atoms with Gasteiger partial charge in [-0.15, -0.1) is 0 Å². The van der Waals surface area contributed by atoms with E-state index >= 15 is 0 Å². The smallest absolute Gasteiger partial charge is 0.121 e. The number of aliphatic imine (C=N–C) groups is 1. The van der Waals surface area contributed by atoms with Crippen molar-refractivity contribution in [1.29, 1.82) is 5.26 Å². The van der Waals surface area contributed by atoms with Gasteiger partial charge in [0.25, 0.3) is 0 Å². The van der Waals surface area contributed by atoms with Gasteiger partial charge >= 0.3 is 0 Å². The summed E-state index contributed by atoms with van der Waals surface area (Å²) in [6, 6.07) is 2.02. The first-order valence-electron chi connectivity index (χ1n) is 3.13. The Labute approximate surface area is 60.2 Å². The molecular weight excluding hydrogens is 124 g/mol. The van der Waals surface area contributed by atoms with Crippen LogP contribution in [0, 0.1) is 11.3 Å². The van der Waals surface area contributed by atoms with Gasteiger partial charge in [0.1, 0.15) is 11.8 Å². The van der Waals surface area contributed by atoms with Crippen molar-refractivity contribution in [2.45, 2.75) is 13.3 Å². The van der Waals surface area contributed by atoms with Crippen molar-refractivity contribution in [2.24, 2.45) is 4.99 Å². The van der Waals surface area contributed by atoms with Crippen LogP contribution in [0.3, 0.4) is 0 Å². The number of nitrogens with zero attached hydrogens (tertiary/aromatic N) is 2. The van der Waals surface area contributed by atoms with Gasteiger partial charge in [0.05, 0.1) is 0 Å². The summed E-state index contributed by atoms with van der Waals surface area (Å²) >= 11 is 0. The molecule has 0 aromatic rings. The lowest BCUT2D eigenvalue weighted by atomic mass is 10.2. The molecule has 0 fully saturated rings. The first-order valence-corrected chi connectivity index (χ1v) is 3.13. The van der Waals surface area contributed by atoms with Gasteiger partial charge in [-0.05, 0) is 12.5 Å². The quantitative estimate of drug-likeness (QED) is 0.495. The van der Waals surface area contributed by atoms with E-state index in [0.29, 0.717) is 12.1 Å². The van der Waals surface area contributed by atoms with Crippen LogP contribution in [-0.2, 0) is 0 Å². The third-order valence-corrected chi connectivity index (χ3v) is 1.25. The van der Waals surface area contributed by atoms with Crippen LogP contribution in [0.15, 0.2) is 28.9 Å². The van der Waals surface area contributed by atoms with Crippen LogP contribution in [0.2, 0.25) is 0 Å². The van der Waals surface area contributed by atoms with Crippen molar-refractivity contribution in [2.75, 3.05) is 0 Å². The number of allylic oxidation sites excluding steroid dienone is 3. The van der Waals surface area contributed by atoms with Crippen molar-refractivity contribution in [1.82, 2.24) is 0 Å². The van der Waals surface area contributed by atoms with Crippen molar-refractivity contribution < 1.29 is 0 Å². The number of nitriles is 1. The van der Waals surface area contributed by atoms with Crippen LogP contribution in [-0.4, -0.2) is 5.71 Å². The van der Waals surface area contributed by atoms with Crippen LogP contribution in [0.1, 0.15) is 13.3 Å². The Bertz CT molecular complexity index is 251. The Balaban J connectivity index is 2.86. The minimum absolute atomic E-state index is 0.577. The molecule has 0 aromatic heterocycles. The molecule has 0 saturated carbocycles. The molecule has 0 bridgehead atoms. The van der Waals surface area contributed by atoms with Gasteiger partial charge in [0.2, 0.25) is 0 Å². The van der Waals surface area contributed by atoms with Gasteiger partial charge in [-0.2, -0.15) is 5.26 Å². The predicted molar refractivity (Wildman–Crippen MR) is 40.6 cm³/mol. The van der Waals surface area contributed by atoms with E-state index in [4.69, 9.17) is 5.26 Å². The molecule has 10 heavy (non-hydrogen) atoms. The zero-order chi connectivity index (χ0) is 7.40. The summed E-state index contributed by atoms with van der Waals surface area (Å²) in [5.74, 6) is 0. The maximum absolute atomic E-state index is 8.46. The van der Waals surface area contributed by atoms with Crippen LogP contribution < -0.4 is 0 Å². The summed E-state index contributed by atoms with van der Waals surface area (Å²) in [5, 5.41) is 8.46. The lowest BCUT2D eigenvalue weighted by molar-refractivity contribution is 1.42. The summed E-state index contributed by atoms with van der Waals surface area (Å²) in [6.45, 7) is 1.96. The van der Waals surface area contributed by atoms with Crippen molar-refractivity contribution in [3.05, 3.63) is 23.9 Å². The molecule has 0 spiro atoms. The van der Waals surface area contributed by atoms with E-state index in [0.717, 1.165) is 5.57 Å². The van der Waals surface area contributed by atoms with Crippen molar-refractivity contribution in [3.8, 4) is 6.07 Å². The second kappa shape index (κ2) is 2.98. The zero-order valence-corrected chi connectivity index (χ0v) is 5.83. The summed E-state index contributed by atoms with van der Waals surface area (Å²) in [5.41, 5.74) is 1.67. The van der Waals surface area contributed by atoms with E-state index in [1.54, 1.807) is 6.20 Å². The Morgan fingerprint density at radius 2 is 2.50 bits per heavy atom. The second-order valence-corrected chi connectivity index (χ2v) is 2.17. The SMILES string of the molecule is CC1=CN=C(C#N)CC=C1. The maximum Gasteiger partial charge on any atom is 0.121 e. The second-order valence-electron chi connectivity index (χ2n) is 2.17. The highest BCUT2D eigenvalue weighted by molar-refractivity contribution is 6.00. The molecule has 2 nitrogen and oxygen atoms in total. The third-order valence-electron chi connectivity index (χ3n) is 1.25. The Kier molecular flexibility index (Phi) is 2.01. The lowest BCUT2D eigenvalue weighted by Gasteiger charge is -1.82. The molecule has 1 rings (SSSR count). The highest BCUT2D eigenvalue weighted by Crippen LogP contribution is 2.02. The summed E-state index contributed by atoms with van der Waals surface area (Å²) in [4.78, 5) is 3.95. The molecule has 1 aliphatic rings. The Morgan fingerprint density at radius 3 is 3.20 bits per heavy atom. The molecular formula is C8H8N2. The van der Waals surface area contributed by atoms with E-state index < -0.39 is 0 Å². The minimum atomic E-state index is 0.577. The highest BCUT2D eigenvalue weighted by atomic mass is 14.7. The minimum Gasteiger partial charge on any atom is -0.249 e. The largest absolute Gasteiger partial charge is 0.249 e. The zero-order valence-electron chi connectivity index (χ0n) is 5.83. The molecule has 0 saturated heterocycles. The fourth-order valence-electron chi connectivity index (χ4n) is 0.706. The average Bonchev–Trinajstić information content (AvgIpc) is 2.14. The van der Waals surface area contributed by atoms with Crippen LogP contribution in [0.4, 0.5) is 0 Å². The molecule has 0 aliphatic carbocycles. The molecule has 0 amide bonds. The van der Waals surface area contributed by atoms with Crippen molar-refractivity contribution >= 4 is 5.71 Å². The van der Waals surface area contributed by atoms with Gasteiger partial charge in [-0.3, -0.25) is 0 Å². The predicted octanol–water partition coefficient (Wildman–Crippen LogP) is 1.81. The maximum atomic E-state index is 8.46. The van der Waals surface area contributed by atoms with Gasteiger partial charge in [0.15, 0.2) is 0 Å². The topological polar surface area (TPSA) is 36.1 Å². The van der Waals surface area contributed by atoms with Crippen molar-refractivity contribution in [3.63, 3.8) is 0 Å². The van der Waals surface area contributed by atoms with Crippen LogP contribution >= 0.6 is 0 Å². The summed E-state index contributed by atoms with van der Waals surface area (Å²) in [6.07, 6.45) is 6.28. The van der Waals surface area contributed by atoms with E-state index in [1.807, 2.05) is 25.1 Å². The molecule has 1 aliphatic heterocycles. The molecule has 0 aromatic carbocycles. The number of hydrogen-bond donors (Lipinski definition) is 0. The first-order chi connectivity index (χ1) is 4.83. The molecule has 50 valence electrons. The molecule has 0 unspecified atom stereocenters. The van der Waals surface area contributed by atoms with Crippen LogP contribution in [0.5, 0.6) is 0 Å². The molecule has 2 heteroatoms. The lowest BCUT2D eigenvalue weighted by Crippen LogP contribution is -1.87. The Morgan fingerprint density at radius 1 is 1.70 bits per heavy atom. The molecule has 0 N–H and O–H groups in total. The Hall–Kier alpha value is -1.36. The number of rotatable bonds is 0. The highest BCUT2D eigenvalue weighted by Gasteiger charge is 1.94. The monoisotopic (exact) mass is 132 g/mol. The molecule has 0 atom stereocenters. The van der Waals surface area contributed by atoms with E-state index in [1.165, 1.54) is 0 Å². The van der Waals surface area contributed by atoms with E-state index in [2.05, 4.69) is 4.99 Å². The summed E-state index contributed by atoms with van der Waals surface area (Å²) in [7, 11) is 0. The number of hydrogen-bond acceptors (Lipinski definition) is 2. The standard InChI is InChI=1S/C8H8N2/c1-7-3-2-4-8(5-9)10-6-7/h2-3,6H,4H2,1H3. The first kappa shape index (κ1) is 6.76. The average molecular weight is 132 g/mol. The van der Waals surface area contributed by atoms with Gasteiger partial charge < -0.3 is 0 Å². The fraction of sp³-hybridized carbons (Fsp3) is 0.250. The molecule has 0 radical (unpaired) electrons. The van der Waals surface area contributed by atoms with Crippen LogP contribution in [0.25, 0.3) is 0 Å². The van der Waals surface area contributed by atoms with E-state index in [-0.39, 0.29) is 0 Å². The van der Waals surface area contributed by atoms with Gasteiger partial charge in [0, 0.05) is 12.6 Å².